The van der Waals surface area contributed by atoms with E-state index in [9.17, 15) is 19.5 Å². The molecule has 3 fully saturated rings. The van der Waals surface area contributed by atoms with Crippen LogP contribution in [0.25, 0.3) is 0 Å². The van der Waals surface area contributed by atoms with Crippen molar-refractivity contribution in [2.24, 2.45) is 11.8 Å². The van der Waals surface area contributed by atoms with Crippen molar-refractivity contribution in [3.8, 4) is 0 Å². The van der Waals surface area contributed by atoms with Gasteiger partial charge in [-0.3, -0.25) is 14.4 Å². The lowest BCUT2D eigenvalue weighted by molar-refractivity contribution is -0.154. The van der Waals surface area contributed by atoms with Gasteiger partial charge in [0.1, 0.15) is 6.04 Å². The maximum Gasteiger partial charge on any atom is 0.310 e. The number of nitrogens with one attached hydrogen (secondary N) is 1. The Hall–Kier alpha value is -2.55. The molecule has 3 aliphatic rings. The molecule has 2 bridgehead atoms. The van der Waals surface area contributed by atoms with Crippen molar-refractivity contribution in [3.05, 3.63) is 65.2 Å². The number of halogens is 1. The standard InChI is InChI=1S/C26H27ClN2O5S/c1-2-34-25(33)20-19-12-13-26(35-19)21(20)24(32)29(18(14-30)15-8-4-3-5-9-15)22(26)23(31)28-17-11-7-6-10-16(17)27/h3-11,18-22,30H,2,12-14H2,1H3,(H,28,31)/t18-,19+,20-,21+,22?,26?/m1/s1. The third kappa shape index (κ3) is 3.82. The molecule has 6 atom stereocenters. The lowest BCUT2D eigenvalue weighted by Crippen LogP contribution is -2.52. The minimum Gasteiger partial charge on any atom is -0.466 e. The number of thioether (sulfide) groups is 1. The summed E-state index contributed by atoms with van der Waals surface area (Å²) in [7, 11) is 0. The zero-order valence-corrected chi connectivity index (χ0v) is 20.8. The van der Waals surface area contributed by atoms with E-state index >= 15 is 0 Å². The highest BCUT2D eigenvalue weighted by Crippen LogP contribution is 2.67. The van der Waals surface area contributed by atoms with Crippen LogP contribution in [0.5, 0.6) is 0 Å². The minimum absolute atomic E-state index is 0.0786. The Morgan fingerprint density at radius 1 is 1.23 bits per heavy atom. The number of anilines is 1. The van der Waals surface area contributed by atoms with Gasteiger partial charge in [-0.1, -0.05) is 54.1 Å². The number of carbonyl (C=O) groups excluding carboxylic acids is 3. The third-order valence-corrected chi connectivity index (χ3v) is 9.65. The quantitative estimate of drug-likeness (QED) is 0.547. The topological polar surface area (TPSA) is 95.9 Å². The molecule has 0 saturated carbocycles. The number of fused-ring (bicyclic) bond motifs is 1. The molecule has 2 N–H and O–H groups in total. The highest BCUT2D eigenvalue weighted by molar-refractivity contribution is 8.02. The first-order valence-electron chi connectivity index (χ1n) is 11.8. The van der Waals surface area contributed by atoms with Gasteiger partial charge < -0.3 is 20.1 Å². The van der Waals surface area contributed by atoms with E-state index in [1.165, 1.54) is 4.90 Å². The second kappa shape index (κ2) is 9.48. The van der Waals surface area contributed by atoms with Crippen molar-refractivity contribution in [3.63, 3.8) is 0 Å². The lowest BCUT2D eigenvalue weighted by Gasteiger charge is -2.37. The number of aliphatic hydroxyl groups is 1. The summed E-state index contributed by atoms with van der Waals surface area (Å²) in [5.41, 5.74) is 1.17. The van der Waals surface area contributed by atoms with Crippen LogP contribution in [0.4, 0.5) is 5.69 Å². The number of aliphatic hydroxyl groups excluding tert-OH is 1. The van der Waals surface area contributed by atoms with Crippen molar-refractivity contribution in [1.29, 1.82) is 0 Å². The number of nitrogens with zero attached hydrogens (tertiary/aromatic N) is 1. The first-order chi connectivity index (χ1) is 16.9. The summed E-state index contributed by atoms with van der Waals surface area (Å²) in [4.78, 5) is 42.5. The second-order valence-corrected chi connectivity index (χ2v) is 11.1. The van der Waals surface area contributed by atoms with Crippen LogP contribution >= 0.6 is 23.4 Å². The molecule has 2 unspecified atom stereocenters. The molecule has 3 saturated heterocycles. The molecule has 35 heavy (non-hydrogen) atoms. The van der Waals surface area contributed by atoms with Crippen LogP contribution in [0.1, 0.15) is 31.4 Å². The van der Waals surface area contributed by atoms with Crippen molar-refractivity contribution in [2.75, 3.05) is 18.5 Å². The largest absolute Gasteiger partial charge is 0.466 e. The number of carbonyl (C=O) groups is 3. The van der Waals surface area contributed by atoms with Gasteiger partial charge in [0, 0.05) is 5.25 Å². The zero-order valence-electron chi connectivity index (χ0n) is 19.2. The lowest BCUT2D eigenvalue weighted by atomic mass is 9.71. The molecular formula is C26H27ClN2O5S. The van der Waals surface area contributed by atoms with Gasteiger partial charge >= 0.3 is 5.97 Å². The van der Waals surface area contributed by atoms with Crippen molar-refractivity contribution < 1.29 is 24.2 Å². The number of para-hydroxylation sites is 1. The van der Waals surface area contributed by atoms with E-state index in [1.54, 1.807) is 43.0 Å². The number of likely N-dealkylation sites (tertiary alicyclic amines) is 1. The molecule has 2 amide bonds. The van der Waals surface area contributed by atoms with Crippen LogP contribution in [0.3, 0.4) is 0 Å². The van der Waals surface area contributed by atoms with Crippen LogP contribution in [0.15, 0.2) is 54.6 Å². The summed E-state index contributed by atoms with van der Waals surface area (Å²) in [6, 6.07) is 14.5. The molecule has 1 spiro atoms. The Bertz CT molecular complexity index is 1150. The van der Waals surface area contributed by atoms with Crippen LogP contribution in [-0.4, -0.2) is 57.0 Å². The van der Waals surface area contributed by atoms with Gasteiger partial charge in [-0.15, -0.1) is 11.8 Å². The highest BCUT2D eigenvalue weighted by atomic mass is 35.5. The molecule has 3 aliphatic heterocycles. The van der Waals surface area contributed by atoms with Gasteiger partial charge in [0.05, 0.1) is 46.5 Å². The van der Waals surface area contributed by atoms with E-state index in [4.69, 9.17) is 16.3 Å². The molecule has 184 valence electrons. The molecule has 2 aromatic carbocycles. The predicted molar refractivity (Wildman–Crippen MR) is 134 cm³/mol. The summed E-state index contributed by atoms with van der Waals surface area (Å²) in [6.07, 6.45) is 1.34. The van der Waals surface area contributed by atoms with Crippen molar-refractivity contribution >= 4 is 46.8 Å². The van der Waals surface area contributed by atoms with Gasteiger partial charge in [-0.05, 0) is 37.5 Å². The van der Waals surface area contributed by atoms with Gasteiger partial charge in [-0.25, -0.2) is 0 Å². The Morgan fingerprint density at radius 2 is 1.94 bits per heavy atom. The fourth-order valence-corrected chi connectivity index (χ4v) is 8.40. The monoisotopic (exact) mass is 514 g/mol. The maximum absolute atomic E-state index is 14.1. The number of hydrogen-bond donors (Lipinski definition) is 2. The first kappa shape index (κ1) is 24.2. The van der Waals surface area contributed by atoms with Gasteiger partial charge in [0.2, 0.25) is 11.8 Å². The van der Waals surface area contributed by atoms with E-state index in [0.717, 1.165) is 12.0 Å². The molecule has 2 aromatic rings. The van der Waals surface area contributed by atoms with E-state index in [0.29, 0.717) is 17.1 Å². The number of esters is 1. The van der Waals surface area contributed by atoms with Crippen LogP contribution < -0.4 is 5.32 Å². The molecular weight excluding hydrogens is 488 g/mol. The summed E-state index contributed by atoms with van der Waals surface area (Å²) in [5, 5.41) is 13.7. The molecule has 0 aromatic heterocycles. The molecule has 9 heteroatoms. The molecule has 3 heterocycles. The fourth-order valence-electron chi connectivity index (χ4n) is 6.03. The second-order valence-electron chi connectivity index (χ2n) is 9.13. The highest BCUT2D eigenvalue weighted by Gasteiger charge is 2.74. The van der Waals surface area contributed by atoms with Crippen molar-refractivity contribution in [2.45, 2.75) is 41.8 Å². The average molecular weight is 515 g/mol. The zero-order chi connectivity index (χ0) is 24.7. The Morgan fingerprint density at radius 3 is 2.63 bits per heavy atom. The number of ether oxygens (including phenoxy) is 1. The number of hydrogen-bond acceptors (Lipinski definition) is 6. The molecule has 5 rings (SSSR count). The summed E-state index contributed by atoms with van der Waals surface area (Å²) in [6.45, 7) is 1.62. The van der Waals surface area contributed by atoms with Gasteiger partial charge in [0.25, 0.3) is 0 Å². The number of rotatable bonds is 7. The Balaban J connectivity index is 1.59. The summed E-state index contributed by atoms with van der Waals surface area (Å²) >= 11 is 7.87. The number of benzene rings is 2. The van der Waals surface area contributed by atoms with Gasteiger partial charge in [0.15, 0.2) is 0 Å². The van der Waals surface area contributed by atoms with E-state index in [2.05, 4.69) is 5.32 Å². The third-order valence-electron chi connectivity index (χ3n) is 7.37. The molecule has 0 radical (unpaired) electrons. The Labute approximate surface area is 213 Å². The molecule has 0 aliphatic carbocycles. The summed E-state index contributed by atoms with van der Waals surface area (Å²) < 4.78 is 4.57. The van der Waals surface area contributed by atoms with Crippen molar-refractivity contribution in [1.82, 2.24) is 4.90 Å². The van der Waals surface area contributed by atoms with Crippen LogP contribution in [-0.2, 0) is 19.1 Å². The average Bonchev–Trinajstić information content (AvgIpc) is 3.50. The number of amides is 2. The maximum atomic E-state index is 14.1. The minimum atomic E-state index is -0.886. The van der Waals surface area contributed by atoms with Crippen LogP contribution in [0.2, 0.25) is 5.02 Å². The van der Waals surface area contributed by atoms with E-state index < -0.39 is 34.6 Å². The van der Waals surface area contributed by atoms with E-state index in [1.807, 2.05) is 30.3 Å². The predicted octanol–water partition coefficient (Wildman–Crippen LogP) is 3.67. The van der Waals surface area contributed by atoms with Gasteiger partial charge in [-0.2, -0.15) is 0 Å². The summed E-state index contributed by atoms with van der Waals surface area (Å²) in [5.74, 6) is -2.36. The Kier molecular flexibility index (Phi) is 6.55. The normalized spacial score (nSPS) is 29.7. The van der Waals surface area contributed by atoms with Crippen LogP contribution in [0, 0.1) is 11.8 Å². The first-order valence-corrected chi connectivity index (χ1v) is 13.1. The van der Waals surface area contributed by atoms with E-state index in [-0.39, 0.29) is 30.3 Å². The fraction of sp³-hybridized carbons (Fsp3) is 0.423. The smallest absolute Gasteiger partial charge is 0.310 e. The SMILES string of the molecule is CCOC(=O)[C@@H]1[C@@H]2CCC3(S2)C(C(=O)Nc2ccccc2Cl)N([C@H](CO)c2ccccc2)C(=O)[C@H]13. The molecule has 7 nitrogen and oxygen atoms in total.